The van der Waals surface area contributed by atoms with Gasteiger partial charge in [0.15, 0.2) is 5.82 Å². The van der Waals surface area contributed by atoms with Crippen LogP contribution in [0.2, 0.25) is 0 Å². The highest BCUT2D eigenvalue weighted by atomic mass is 16.3. The lowest BCUT2D eigenvalue weighted by Gasteiger charge is -2.13. The van der Waals surface area contributed by atoms with E-state index >= 15 is 0 Å². The van der Waals surface area contributed by atoms with Gasteiger partial charge in [-0.2, -0.15) is 5.26 Å². The number of para-hydroxylation sites is 1. The fraction of sp³-hybridized carbons (Fsp3) is 0. The van der Waals surface area contributed by atoms with E-state index in [2.05, 4.69) is 72.8 Å². The fourth-order valence-corrected chi connectivity index (χ4v) is 5.90. The first kappa shape index (κ1) is 26.3. The van der Waals surface area contributed by atoms with E-state index in [0.717, 1.165) is 66.6 Å². The summed E-state index contributed by atoms with van der Waals surface area (Å²) in [5, 5.41) is 12.1. The lowest BCUT2D eigenvalue weighted by atomic mass is 9.93. The van der Waals surface area contributed by atoms with Gasteiger partial charge in [0.1, 0.15) is 11.2 Å². The monoisotopic (exact) mass is 575 g/mol. The van der Waals surface area contributed by atoms with Gasteiger partial charge in [-0.3, -0.25) is 0 Å². The van der Waals surface area contributed by atoms with Crippen molar-refractivity contribution < 1.29 is 4.42 Å². The zero-order chi connectivity index (χ0) is 30.2. The van der Waals surface area contributed by atoms with Crippen molar-refractivity contribution in [2.45, 2.75) is 0 Å². The highest BCUT2D eigenvalue weighted by Crippen LogP contribution is 2.37. The van der Waals surface area contributed by atoms with Gasteiger partial charge in [-0.15, -0.1) is 0 Å². The first-order valence-electron chi connectivity index (χ1n) is 14.8. The lowest BCUT2D eigenvalue weighted by molar-refractivity contribution is 0.669. The molecule has 0 aliphatic heterocycles. The van der Waals surface area contributed by atoms with Gasteiger partial charge in [0.25, 0.3) is 0 Å². The third-order valence-corrected chi connectivity index (χ3v) is 8.13. The number of nitriles is 1. The number of benzene rings is 6. The summed E-state index contributed by atoms with van der Waals surface area (Å²) in [6.07, 6.45) is 0. The third kappa shape index (κ3) is 4.93. The van der Waals surface area contributed by atoms with Gasteiger partial charge in [0.2, 0.25) is 0 Å². The van der Waals surface area contributed by atoms with E-state index in [9.17, 15) is 5.26 Å². The Morgan fingerprint density at radius 2 is 1.07 bits per heavy atom. The largest absolute Gasteiger partial charge is 0.456 e. The van der Waals surface area contributed by atoms with Gasteiger partial charge >= 0.3 is 0 Å². The minimum atomic E-state index is 0.570. The van der Waals surface area contributed by atoms with Crippen molar-refractivity contribution in [3.63, 3.8) is 0 Å². The van der Waals surface area contributed by atoms with Crippen LogP contribution in [0.1, 0.15) is 5.56 Å². The molecule has 0 unspecified atom stereocenters. The number of furan rings is 1. The number of hydrogen-bond donors (Lipinski definition) is 0. The normalized spacial score (nSPS) is 11.1. The molecule has 0 aliphatic rings. The maximum atomic E-state index is 9.90. The Hall–Kier alpha value is -6.31. The van der Waals surface area contributed by atoms with E-state index in [0.29, 0.717) is 17.1 Å². The van der Waals surface area contributed by atoms with E-state index in [1.165, 1.54) is 0 Å². The first-order chi connectivity index (χ1) is 22.2. The summed E-state index contributed by atoms with van der Waals surface area (Å²) in [7, 11) is 0. The number of rotatable bonds is 5. The Kier molecular flexibility index (Phi) is 6.48. The molecule has 0 aliphatic carbocycles. The van der Waals surface area contributed by atoms with Crippen LogP contribution < -0.4 is 0 Å². The first-order valence-corrected chi connectivity index (χ1v) is 14.8. The molecule has 0 saturated heterocycles. The predicted octanol–water partition coefficient (Wildman–Crippen LogP) is 10.6. The van der Waals surface area contributed by atoms with Crippen LogP contribution in [0.4, 0.5) is 0 Å². The Morgan fingerprint density at radius 3 is 1.87 bits per heavy atom. The molecular weight excluding hydrogens is 550 g/mol. The van der Waals surface area contributed by atoms with E-state index < -0.39 is 0 Å². The second-order valence-electron chi connectivity index (χ2n) is 11.0. The summed E-state index contributed by atoms with van der Waals surface area (Å²) in [5.41, 5.74) is 10.8. The summed E-state index contributed by atoms with van der Waals surface area (Å²) in [6.45, 7) is 0. The zero-order valence-corrected chi connectivity index (χ0v) is 24.2. The molecule has 45 heavy (non-hydrogen) atoms. The van der Waals surface area contributed by atoms with Crippen LogP contribution in [0.15, 0.2) is 156 Å². The van der Waals surface area contributed by atoms with Gasteiger partial charge in [-0.25, -0.2) is 9.97 Å². The van der Waals surface area contributed by atoms with Crippen molar-refractivity contribution in [3.8, 4) is 62.2 Å². The van der Waals surface area contributed by atoms with Crippen LogP contribution in [0.3, 0.4) is 0 Å². The molecular formula is C41H25N3O. The van der Waals surface area contributed by atoms with Crippen molar-refractivity contribution in [2.75, 3.05) is 0 Å². The molecule has 0 atom stereocenters. The summed E-state index contributed by atoms with van der Waals surface area (Å²) < 4.78 is 6.12. The second-order valence-corrected chi connectivity index (χ2v) is 11.0. The molecule has 4 nitrogen and oxygen atoms in total. The van der Waals surface area contributed by atoms with Crippen molar-refractivity contribution in [1.82, 2.24) is 9.97 Å². The molecule has 0 bridgehead atoms. The van der Waals surface area contributed by atoms with Crippen LogP contribution in [0, 0.1) is 11.3 Å². The fourth-order valence-electron chi connectivity index (χ4n) is 5.90. The van der Waals surface area contributed by atoms with Crippen molar-refractivity contribution in [2.24, 2.45) is 0 Å². The van der Waals surface area contributed by atoms with Gasteiger partial charge in [-0.05, 0) is 70.8 Å². The second kappa shape index (κ2) is 11.1. The van der Waals surface area contributed by atoms with Gasteiger partial charge < -0.3 is 4.42 Å². The molecule has 8 rings (SSSR count). The maximum Gasteiger partial charge on any atom is 0.160 e. The predicted molar refractivity (Wildman–Crippen MR) is 181 cm³/mol. The van der Waals surface area contributed by atoms with Crippen molar-refractivity contribution in [3.05, 3.63) is 157 Å². The number of fused-ring (bicyclic) bond motifs is 3. The Balaban J connectivity index is 1.37. The number of aromatic nitrogens is 2. The molecule has 6 aromatic carbocycles. The van der Waals surface area contributed by atoms with Gasteiger partial charge in [0, 0.05) is 27.5 Å². The molecule has 4 heteroatoms. The van der Waals surface area contributed by atoms with Crippen molar-refractivity contribution >= 4 is 21.9 Å². The smallest absolute Gasteiger partial charge is 0.160 e. The topological polar surface area (TPSA) is 62.7 Å². The zero-order valence-electron chi connectivity index (χ0n) is 24.2. The Morgan fingerprint density at radius 1 is 0.444 bits per heavy atom. The molecule has 8 aromatic rings. The quantitative estimate of drug-likeness (QED) is 0.205. The highest BCUT2D eigenvalue weighted by Gasteiger charge is 2.16. The Bertz CT molecular complexity index is 2390. The van der Waals surface area contributed by atoms with E-state index in [1.54, 1.807) is 0 Å². The van der Waals surface area contributed by atoms with Gasteiger partial charge in [-0.1, -0.05) is 103 Å². The summed E-state index contributed by atoms with van der Waals surface area (Å²) in [4.78, 5) is 10.1. The van der Waals surface area contributed by atoms with E-state index in [4.69, 9.17) is 14.4 Å². The molecule has 210 valence electrons. The standard InChI is InChI=1S/C41H25N3O/c42-26-30-15-7-8-16-34(30)38-25-37(43-41(44-38)28-13-5-2-6-14-28)33-22-31(27-11-3-1-4-12-27)21-32(23-33)29-19-20-40-36(24-29)35-17-9-10-18-39(35)45-40/h1-25H. The maximum absolute atomic E-state index is 9.90. The molecule has 0 saturated carbocycles. The SMILES string of the molecule is N#Cc1ccccc1-c1cc(-c2cc(-c3ccccc3)cc(-c3ccc4oc5ccccc5c4c3)c2)nc(-c2ccccc2)n1. The lowest BCUT2D eigenvalue weighted by Crippen LogP contribution is -1.97. The van der Waals surface area contributed by atoms with Crippen LogP contribution >= 0.6 is 0 Å². The number of hydrogen-bond acceptors (Lipinski definition) is 4. The van der Waals surface area contributed by atoms with Crippen LogP contribution in [0.5, 0.6) is 0 Å². The summed E-state index contributed by atoms with van der Waals surface area (Å²) in [6, 6.07) is 53.4. The van der Waals surface area contributed by atoms with E-state index in [-0.39, 0.29) is 0 Å². The minimum Gasteiger partial charge on any atom is -0.456 e. The summed E-state index contributed by atoms with van der Waals surface area (Å²) in [5.74, 6) is 0.605. The van der Waals surface area contributed by atoms with Crippen molar-refractivity contribution in [1.29, 1.82) is 5.26 Å². The molecule has 0 amide bonds. The molecule has 0 radical (unpaired) electrons. The third-order valence-electron chi connectivity index (χ3n) is 8.13. The van der Waals surface area contributed by atoms with Crippen LogP contribution in [0.25, 0.3) is 78.1 Å². The van der Waals surface area contributed by atoms with Crippen LogP contribution in [-0.4, -0.2) is 9.97 Å². The minimum absolute atomic E-state index is 0.570. The summed E-state index contributed by atoms with van der Waals surface area (Å²) >= 11 is 0. The number of nitrogens with zero attached hydrogens (tertiary/aromatic N) is 3. The Labute approximate surface area is 260 Å². The van der Waals surface area contributed by atoms with E-state index in [1.807, 2.05) is 84.9 Å². The molecule has 0 spiro atoms. The molecule has 2 heterocycles. The average molecular weight is 576 g/mol. The molecule has 2 aromatic heterocycles. The molecule has 0 fully saturated rings. The highest BCUT2D eigenvalue weighted by molar-refractivity contribution is 6.06. The van der Waals surface area contributed by atoms with Gasteiger partial charge in [0.05, 0.1) is 23.0 Å². The molecule has 0 N–H and O–H groups in total. The average Bonchev–Trinajstić information content (AvgIpc) is 3.50. The van der Waals surface area contributed by atoms with Crippen LogP contribution in [-0.2, 0) is 0 Å².